The maximum atomic E-state index is 14.1. The van der Waals surface area contributed by atoms with Crippen LogP contribution < -0.4 is 10.6 Å². The van der Waals surface area contributed by atoms with E-state index in [1.165, 1.54) is 23.9 Å². The van der Waals surface area contributed by atoms with E-state index in [1.807, 2.05) is 67.6 Å². The van der Waals surface area contributed by atoms with Crippen molar-refractivity contribution in [3.8, 4) is 0 Å². The van der Waals surface area contributed by atoms with Crippen LogP contribution in [-0.4, -0.2) is 11.8 Å². The molecular formula is C28H23FN2O2S. The number of carbonyl (C=O) groups excluding carboxylic acids is 2. The summed E-state index contributed by atoms with van der Waals surface area (Å²) in [5, 5.41) is 5.01. The smallest absolute Gasteiger partial charge is 0.255 e. The van der Waals surface area contributed by atoms with Crippen molar-refractivity contribution in [2.45, 2.75) is 17.1 Å². The van der Waals surface area contributed by atoms with Crippen molar-refractivity contribution < 1.29 is 14.0 Å². The molecule has 0 aliphatic carbocycles. The summed E-state index contributed by atoms with van der Waals surface area (Å²) in [7, 11) is 0. The second kappa shape index (κ2) is 10.8. The Hall–Kier alpha value is -3.90. The summed E-state index contributed by atoms with van der Waals surface area (Å²) < 4.78 is 14.1. The van der Waals surface area contributed by atoms with Gasteiger partial charge in [0.1, 0.15) is 11.1 Å². The lowest BCUT2D eigenvalue weighted by Gasteiger charge is -2.18. The van der Waals surface area contributed by atoms with Crippen LogP contribution in [0, 0.1) is 12.7 Å². The molecule has 0 fully saturated rings. The Morgan fingerprint density at radius 1 is 0.765 bits per heavy atom. The monoisotopic (exact) mass is 470 g/mol. The normalized spacial score (nSPS) is 11.5. The predicted molar refractivity (Wildman–Crippen MR) is 136 cm³/mol. The zero-order valence-electron chi connectivity index (χ0n) is 18.5. The number of rotatable bonds is 7. The molecule has 1 atom stereocenters. The highest BCUT2D eigenvalue weighted by atomic mass is 32.2. The van der Waals surface area contributed by atoms with Gasteiger partial charge >= 0.3 is 0 Å². The van der Waals surface area contributed by atoms with E-state index < -0.39 is 11.1 Å². The van der Waals surface area contributed by atoms with Crippen molar-refractivity contribution in [2.75, 3.05) is 10.6 Å². The van der Waals surface area contributed by atoms with Crippen LogP contribution in [0.2, 0.25) is 0 Å². The van der Waals surface area contributed by atoms with E-state index in [-0.39, 0.29) is 17.5 Å². The molecule has 2 amide bonds. The lowest BCUT2D eigenvalue weighted by Crippen LogP contribution is -2.19. The fourth-order valence-corrected chi connectivity index (χ4v) is 4.47. The van der Waals surface area contributed by atoms with E-state index in [9.17, 15) is 14.0 Å². The number of aryl methyl sites for hydroxylation is 1. The molecule has 0 spiro atoms. The molecule has 2 N–H and O–H groups in total. The average molecular weight is 471 g/mol. The summed E-state index contributed by atoms with van der Waals surface area (Å²) in [6.45, 7) is 1.89. The molecule has 0 radical (unpaired) electrons. The van der Waals surface area contributed by atoms with E-state index in [0.29, 0.717) is 11.3 Å². The van der Waals surface area contributed by atoms with Crippen molar-refractivity contribution in [3.63, 3.8) is 0 Å². The molecule has 0 heterocycles. The Labute approximate surface area is 202 Å². The van der Waals surface area contributed by atoms with Crippen molar-refractivity contribution in [1.29, 1.82) is 0 Å². The first-order valence-corrected chi connectivity index (χ1v) is 11.6. The number of carbonyl (C=O) groups is 2. The van der Waals surface area contributed by atoms with E-state index in [0.717, 1.165) is 16.0 Å². The average Bonchev–Trinajstić information content (AvgIpc) is 2.85. The zero-order valence-corrected chi connectivity index (χ0v) is 19.3. The predicted octanol–water partition coefficient (Wildman–Crippen LogP) is 6.86. The van der Waals surface area contributed by atoms with Gasteiger partial charge in [-0.05, 0) is 60.5 Å². The van der Waals surface area contributed by atoms with Gasteiger partial charge in [-0.15, -0.1) is 11.8 Å². The standard InChI is InChI=1S/C28H23FN2O2S/c1-19-9-5-6-12-23(19)27(32)30-21-15-17-22(18-16-21)34-26(20-10-3-2-4-11-20)28(33)31-25-14-8-7-13-24(25)29/h2-18,26H,1H3,(H,30,32)(H,31,33). The van der Waals surface area contributed by atoms with E-state index in [4.69, 9.17) is 0 Å². The number of para-hydroxylation sites is 1. The minimum Gasteiger partial charge on any atom is -0.322 e. The zero-order chi connectivity index (χ0) is 23.9. The number of thioether (sulfide) groups is 1. The van der Waals surface area contributed by atoms with Gasteiger partial charge in [-0.2, -0.15) is 0 Å². The van der Waals surface area contributed by atoms with Gasteiger partial charge in [0, 0.05) is 16.1 Å². The van der Waals surface area contributed by atoms with Gasteiger partial charge in [0.2, 0.25) is 5.91 Å². The molecule has 0 aromatic heterocycles. The highest BCUT2D eigenvalue weighted by molar-refractivity contribution is 8.00. The maximum absolute atomic E-state index is 14.1. The summed E-state index contributed by atoms with van der Waals surface area (Å²) in [4.78, 5) is 26.5. The SMILES string of the molecule is Cc1ccccc1C(=O)Nc1ccc(SC(C(=O)Nc2ccccc2F)c2ccccc2)cc1. The van der Waals surface area contributed by atoms with Crippen molar-refractivity contribution in [3.05, 3.63) is 126 Å². The molecule has 0 saturated carbocycles. The van der Waals surface area contributed by atoms with E-state index >= 15 is 0 Å². The number of hydrogen-bond donors (Lipinski definition) is 2. The molecule has 4 nitrogen and oxygen atoms in total. The number of amides is 2. The summed E-state index contributed by atoms with van der Waals surface area (Å²) in [6, 6.07) is 30.2. The summed E-state index contributed by atoms with van der Waals surface area (Å²) in [5.41, 5.74) is 3.12. The Kier molecular flexibility index (Phi) is 7.40. The highest BCUT2D eigenvalue weighted by Gasteiger charge is 2.23. The molecule has 34 heavy (non-hydrogen) atoms. The third-order valence-electron chi connectivity index (χ3n) is 5.23. The highest BCUT2D eigenvalue weighted by Crippen LogP contribution is 2.37. The number of hydrogen-bond acceptors (Lipinski definition) is 3. The Balaban J connectivity index is 1.50. The lowest BCUT2D eigenvalue weighted by atomic mass is 10.1. The Morgan fingerprint density at radius 3 is 2.12 bits per heavy atom. The number of nitrogens with one attached hydrogen (secondary N) is 2. The quantitative estimate of drug-likeness (QED) is 0.290. The van der Waals surface area contributed by atoms with Crippen molar-refractivity contribution in [1.82, 2.24) is 0 Å². The van der Waals surface area contributed by atoms with Crippen LogP contribution in [-0.2, 0) is 4.79 Å². The molecule has 170 valence electrons. The summed E-state index contributed by atoms with van der Waals surface area (Å²) >= 11 is 1.35. The first-order chi connectivity index (χ1) is 16.5. The molecule has 0 aliphatic heterocycles. The van der Waals surface area contributed by atoms with E-state index in [1.54, 1.807) is 30.3 Å². The van der Waals surface area contributed by atoms with E-state index in [2.05, 4.69) is 10.6 Å². The molecule has 1 unspecified atom stereocenters. The van der Waals surface area contributed by atoms with Gasteiger partial charge in [0.25, 0.3) is 5.91 Å². The third kappa shape index (κ3) is 5.71. The van der Waals surface area contributed by atoms with Gasteiger partial charge in [-0.25, -0.2) is 4.39 Å². The van der Waals surface area contributed by atoms with Crippen LogP contribution in [0.25, 0.3) is 0 Å². The Bertz CT molecular complexity index is 1290. The summed E-state index contributed by atoms with van der Waals surface area (Å²) in [6.07, 6.45) is 0. The molecule has 6 heteroatoms. The molecule has 4 aromatic rings. The van der Waals surface area contributed by atoms with Crippen LogP contribution >= 0.6 is 11.8 Å². The first-order valence-electron chi connectivity index (χ1n) is 10.8. The largest absolute Gasteiger partial charge is 0.322 e. The fraction of sp³-hybridized carbons (Fsp3) is 0.0714. The molecule has 0 bridgehead atoms. The van der Waals surface area contributed by atoms with Crippen molar-refractivity contribution >= 4 is 35.0 Å². The second-order valence-corrected chi connectivity index (χ2v) is 8.85. The number of benzene rings is 4. The molecule has 0 aliphatic rings. The first kappa shape index (κ1) is 23.3. The van der Waals surface area contributed by atoms with Crippen LogP contribution in [0.4, 0.5) is 15.8 Å². The summed E-state index contributed by atoms with van der Waals surface area (Å²) in [5.74, 6) is -0.982. The number of halogens is 1. The third-order valence-corrected chi connectivity index (χ3v) is 6.49. The molecule has 4 rings (SSSR count). The molecule has 0 saturated heterocycles. The minimum atomic E-state index is -0.590. The number of anilines is 2. The maximum Gasteiger partial charge on any atom is 0.255 e. The van der Waals surface area contributed by atoms with Crippen LogP contribution in [0.3, 0.4) is 0 Å². The van der Waals surface area contributed by atoms with Gasteiger partial charge in [-0.3, -0.25) is 9.59 Å². The second-order valence-electron chi connectivity index (χ2n) is 7.67. The van der Waals surface area contributed by atoms with Crippen molar-refractivity contribution in [2.24, 2.45) is 0 Å². The van der Waals surface area contributed by atoms with Gasteiger partial charge in [-0.1, -0.05) is 60.7 Å². The fourth-order valence-electron chi connectivity index (χ4n) is 3.44. The van der Waals surface area contributed by atoms with Gasteiger partial charge in [0.05, 0.1) is 5.69 Å². The van der Waals surface area contributed by atoms with Gasteiger partial charge in [0.15, 0.2) is 0 Å². The molecular weight excluding hydrogens is 447 g/mol. The Morgan fingerprint density at radius 2 is 1.41 bits per heavy atom. The van der Waals surface area contributed by atoms with Crippen LogP contribution in [0.1, 0.15) is 26.7 Å². The molecule has 4 aromatic carbocycles. The lowest BCUT2D eigenvalue weighted by molar-refractivity contribution is -0.115. The topological polar surface area (TPSA) is 58.2 Å². The van der Waals surface area contributed by atoms with Gasteiger partial charge < -0.3 is 10.6 Å². The van der Waals surface area contributed by atoms with Crippen LogP contribution in [0.15, 0.2) is 108 Å². The minimum absolute atomic E-state index is 0.142. The van der Waals surface area contributed by atoms with Crippen LogP contribution in [0.5, 0.6) is 0 Å².